The van der Waals surface area contributed by atoms with Crippen LogP contribution in [0.15, 0.2) is 29.2 Å². The minimum Gasteiger partial charge on any atom is -0.481 e. The van der Waals surface area contributed by atoms with Crippen molar-refractivity contribution in [1.82, 2.24) is 4.90 Å². The number of hydrogen-bond donors (Lipinski definition) is 1. The van der Waals surface area contributed by atoms with Crippen LogP contribution in [0.5, 0.6) is 0 Å². The summed E-state index contributed by atoms with van der Waals surface area (Å²) in [7, 11) is 0. The van der Waals surface area contributed by atoms with E-state index in [1.54, 1.807) is 23.1 Å². The van der Waals surface area contributed by atoms with Crippen molar-refractivity contribution in [1.29, 1.82) is 0 Å². The molecule has 0 radical (unpaired) electrons. The summed E-state index contributed by atoms with van der Waals surface area (Å²) in [6, 6.07) is 6.47. The van der Waals surface area contributed by atoms with Crippen molar-refractivity contribution in [3.63, 3.8) is 0 Å². The number of likely N-dealkylation sites (tertiary alicyclic amines) is 1. The molecule has 1 atom stereocenters. The molecule has 0 unspecified atom stereocenters. The third kappa shape index (κ3) is 4.46. The fourth-order valence-corrected chi connectivity index (χ4v) is 3.25. The predicted octanol–water partition coefficient (Wildman–Crippen LogP) is 2.63. The molecule has 1 aliphatic rings. The minimum atomic E-state index is -0.840. The molecule has 6 heteroatoms. The number of carboxylic acid groups (broad SMARTS) is 1. The lowest BCUT2D eigenvalue weighted by molar-refractivity contribution is -0.145. The summed E-state index contributed by atoms with van der Waals surface area (Å²) in [4.78, 5) is 25.2. The number of aliphatic carboxylic acids is 1. The van der Waals surface area contributed by atoms with Gasteiger partial charge in [-0.1, -0.05) is 12.1 Å². The summed E-state index contributed by atoms with van der Waals surface area (Å²) >= 11 is 1.31. The molecule has 0 aliphatic carbocycles. The number of hydrogen-bond acceptors (Lipinski definition) is 3. The highest BCUT2D eigenvalue weighted by atomic mass is 32.2. The van der Waals surface area contributed by atoms with Crippen LogP contribution in [0.2, 0.25) is 0 Å². The van der Waals surface area contributed by atoms with E-state index in [2.05, 4.69) is 0 Å². The number of carboxylic acids is 1. The zero-order valence-corrected chi connectivity index (χ0v) is 12.4. The van der Waals surface area contributed by atoms with E-state index in [1.165, 1.54) is 17.8 Å². The first-order valence-corrected chi connectivity index (χ1v) is 7.94. The fourth-order valence-electron chi connectivity index (χ4n) is 2.37. The normalized spacial score (nSPS) is 18.5. The van der Waals surface area contributed by atoms with Crippen molar-refractivity contribution in [2.75, 3.05) is 18.8 Å². The van der Waals surface area contributed by atoms with Gasteiger partial charge in [0.2, 0.25) is 5.91 Å². The van der Waals surface area contributed by atoms with Gasteiger partial charge in [0, 0.05) is 30.2 Å². The van der Waals surface area contributed by atoms with Crippen LogP contribution in [0.1, 0.15) is 19.3 Å². The quantitative estimate of drug-likeness (QED) is 0.849. The van der Waals surface area contributed by atoms with Crippen molar-refractivity contribution in [2.24, 2.45) is 5.92 Å². The number of benzene rings is 1. The van der Waals surface area contributed by atoms with Gasteiger partial charge in [-0.3, -0.25) is 9.59 Å². The second-order valence-corrected chi connectivity index (χ2v) is 6.18. The Morgan fingerprint density at radius 2 is 2.14 bits per heavy atom. The molecule has 114 valence electrons. The Labute approximate surface area is 127 Å². The van der Waals surface area contributed by atoms with E-state index >= 15 is 0 Å². The van der Waals surface area contributed by atoms with Crippen LogP contribution < -0.4 is 0 Å². The second-order valence-electron chi connectivity index (χ2n) is 5.05. The van der Waals surface area contributed by atoms with E-state index in [0.29, 0.717) is 36.6 Å². The number of carbonyl (C=O) groups is 2. The van der Waals surface area contributed by atoms with Crippen LogP contribution in [0.25, 0.3) is 0 Å². The molecule has 1 fully saturated rings. The first-order chi connectivity index (χ1) is 10.1. The number of halogens is 1. The third-order valence-electron chi connectivity index (χ3n) is 3.53. The molecule has 21 heavy (non-hydrogen) atoms. The van der Waals surface area contributed by atoms with Gasteiger partial charge in [-0.2, -0.15) is 0 Å². The molecule has 1 aliphatic heterocycles. The molecule has 0 spiro atoms. The van der Waals surface area contributed by atoms with Gasteiger partial charge in [0.1, 0.15) is 5.82 Å². The molecule has 0 bridgehead atoms. The first-order valence-electron chi connectivity index (χ1n) is 6.96. The van der Waals surface area contributed by atoms with Crippen LogP contribution in [0.4, 0.5) is 4.39 Å². The van der Waals surface area contributed by atoms with Crippen molar-refractivity contribution in [3.8, 4) is 0 Å². The van der Waals surface area contributed by atoms with Gasteiger partial charge in [-0.25, -0.2) is 4.39 Å². The van der Waals surface area contributed by atoms with Crippen molar-refractivity contribution in [2.45, 2.75) is 24.2 Å². The van der Waals surface area contributed by atoms with Crippen molar-refractivity contribution >= 4 is 23.6 Å². The highest BCUT2D eigenvalue weighted by Gasteiger charge is 2.27. The van der Waals surface area contributed by atoms with Gasteiger partial charge in [0.25, 0.3) is 0 Å². The molecule has 2 rings (SSSR count). The number of piperidine rings is 1. The number of carbonyl (C=O) groups excluding carboxylic acids is 1. The second kappa shape index (κ2) is 7.45. The number of rotatable bonds is 5. The number of thioether (sulfide) groups is 1. The third-order valence-corrected chi connectivity index (χ3v) is 4.58. The maximum Gasteiger partial charge on any atom is 0.308 e. The van der Waals surface area contributed by atoms with Crippen LogP contribution >= 0.6 is 11.8 Å². The topological polar surface area (TPSA) is 57.6 Å². The molecule has 4 nitrogen and oxygen atoms in total. The molecule has 1 amide bonds. The van der Waals surface area contributed by atoms with E-state index in [4.69, 9.17) is 5.11 Å². The Bertz CT molecular complexity index is 523. The van der Waals surface area contributed by atoms with Crippen LogP contribution in [-0.4, -0.2) is 40.7 Å². The maximum absolute atomic E-state index is 13.4. The highest BCUT2D eigenvalue weighted by molar-refractivity contribution is 7.99. The fraction of sp³-hybridized carbons (Fsp3) is 0.467. The Hall–Kier alpha value is -1.56. The zero-order valence-electron chi connectivity index (χ0n) is 11.6. The molecular weight excluding hydrogens is 293 g/mol. The predicted molar refractivity (Wildman–Crippen MR) is 78.7 cm³/mol. The standard InChI is InChI=1S/C15H18FNO3S/c16-12-5-1-2-6-13(12)21-9-7-14(18)17-8-3-4-11(10-17)15(19)20/h1-2,5-6,11H,3-4,7-10H2,(H,19,20)/t11-/m0/s1. The summed E-state index contributed by atoms with van der Waals surface area (Å²) in [5.41, 5.74) is 0. The van der Waals surface area contributed by atoms with Gasteiger partial charge in [0.15, 0.2) is 0 Å². The highest BCUT2D eigenvalue weighted by Crippen LogP contribution is 2.23. The summed E-state index contributed by atoms with van der Waals surface area (Å²) in [6.45, 7) is 0.908. The van der Waals surface area contributed by atoms with Gasteiger partial charge < -0.3 is 10.0 Å². The number of amides is 1. The zero-order chi connectivity index (χ0) is 15.2. The first kappa shape index (κ1) is 15.8. The van der Waals surface area contributed by atoms with Gasteiger partial charge in [-0.05, 0) is 25.0 Å². The molecule has 0 aromatic heterocycles. The molecular formula is C15H18FNO3S. The molecule has 1 saturated heterocycles. The van der Waals surface area contributed by atoms with E-state index < -0.39 is 11.9 Å². The molecule has 1 N–H and O–H groups in total. The average Bonchev–Trinajstić information content (AvgIpc) is 2.49. The summed E-state index contributed by atoms with van der Waals surface area (Å²) in [5, 5.41) is 9.01. The molecule has 1 heterocycles. The van der Waals surface area contributed by atoms with Crippen molar-refractivity contribution < 1.29 is 19.1 Å². The van der Waals surface area contributed by atoms with E-state index in [9.17, 15) is 14.0 Å². The maximum atomic E-state index is 13.4. The molecule has 0 saturated carbocycles. The Kier molecular flexibility index (Phi) is 5.61. The number of nitrogens with zero attached hydrogens (tertiary/aromatic N) is 1. The summed E-state index contributed by atoms with van der Waals surface area (Å²) in [5.74, 6) is -1.13. The monoisotopic (exact) mass is 311 g/mol. The van der Waals surface area contributed by atoms with Crippen LogP contribution in [0, 0.1) is 11.7 Å². The Morgan fingerprint density at radius 1 is 1.38 bits per heavy atom. The summed E-state index contributed by atoms with van der Waals surface area (Å²) in [6.07, 6.45) is 1.65. The van der Waals surface area contributed by atoms with E-state index in [0.717, 1.165) is 6.42 Å². The van der Waals surface area contributed by atoms with E-state index in [-0.39, 0.29) is 11.7 Å². The van der Waals surface area contributed by atoms with Gasteiger partial charge >= 0.3 is 5.97 Å². The molecule has 1 aromatic carbocycles. The molecule has 1 aromatic rings. The van der Waals surface area contributed by atoms with Gasteiger partial charge in [0.05, 0.1) is 5.92 Å². The lowest BCUT2D eigenvalue weighted by atomic mass is 9.98. The SMILES string of the molecule is O=C(O)[C@H]1CCCN(C(=O)CCSc2ccccc2F)C1. The largest absolute Gasteiger partial charge is 0.481 e. The van der Waals surface area contributed by atoms with E-state index in [1.807, 2.05) is 0 Å². The van der Waals surface area contributed by atoms with Crippen LogP contribution in [-0.2, 0) is 9.59 Å². The smallest absolute Gasteiger partial charge is 0.308 e. The Balaban J connectivity index is 1.79. The summed E-state index contributed by atoms with van der Waals surface area (Å²) < 4.78 is 13.4. The average molecular weight is 311 g/mol. The van der Waals surface area contributed by atoms with Gasteiger partial charge in [-0.15, -0.1) is 11.8 Å². The Morgan fingerprint density at radius 3 is 2.86 bits per heavy atom. The minimum absolute atomic E-state index is 0.0511. The van der Waals surface area contributed by atoms with Crippen molar-refractivity contribution in [3.05, 3.63) is 30.1 Å². The lowest BCUT2D eigenvalue weighted by Gasteiger charge is -2.30. The van der Waals surface area contributed by atoms with Crippen LogP contribution in [0.3, 0.4) is 0 Å². The lowest BCUT2D eigenvalue weighted by Crippen LogP contribution is -2.42.